The van der Waals surface area contributed by atoms with E-state index in [4.69, 9.17) is 4.99 Å². The van der Waals surface area contributed by atoms with E-state index in [0.717, 1.165) is 37.6 Å². The molecule has 0 radical (unpaired) electrons. The van der Waals surface area contributed by atoms with E-state index in [1.807, 2.05) is 12.1 Å². The standard InChI is InChI=1S/C19H31FN4/c1-3-12-24-13-10-17(15-24)14-23-19(21-4-2)22-11-9-16-5-7-18(20)8-6-16/h5-8,17H,3-4,9-15H2,1-2H3,(H2,21,22,23). The zero-order valence-corrected chi connectivity index (χ0v) is 15.0. The largest absolute Gasteiger partial charge is 0.357 e. The molecule has 134 valence electrons. The summed E-state index contributed by atoms with van der Waals surface area (Å²) in [5.74, 6) is 1.37. The van der Waals surface area contributed by atoms with E-state index in [-0.39, 0.29) is 5.82 Å². The smallest absolute Gasteiger partial charge is 0.191 e. The predicted molar refractivity (Wildman–Crippen MR) is 98.9 cm³/mol. The molecule has 1 atom stereocenters. The maximum Gasteiger partial charge on any atom is 0.191 e. The van der Waals surface area contributed by atoms with Crippen molar-refractivity contribution >= 4 is 5.96 Å². The van der Waals surface area contributed by atoms with Gasteiger partial charge in [-0.1, -0.05) is 19.1 Å². The summed E-state index contributed by atoms with van der Waals surface area (Å²) < 4.78 is 12.9. The number of guanidine groups is 1. The first kappa shape index (κ1) is 18.7. The van der Waals surface area contributed by atoms with Gasteiger partial charge in [0.1, 0.15) is 5.82 Å². The van der Waals surface area contributed by atoms with Crippen LogP contribution in [0.1, 0.15) is 32.3 Å². The highest BCUT2D eigenvalue weighted by Crippen LogP contribution is 2.16. The van der Waals surface area contributed by atoms with Gasteiger partial charge in [0.05, 0.1) is 0 Å². The van der Waals surface area contributed by atoms with E-state index in [2.05, 4.69) is 29.4 Å². The normalized spacial score (nSPS) is 18.8. The van der Waals surface area contributed by atoms with Crippen molar-refractivity contribution in [3.63, 3.8) is 0 Å². The fourth-order valence-electron chi connectivity index (χ4n) is 3.12. The van der Waals surface area contributed by atoms with Crippen molar-refractivity contribution in [3.05, 3.63) is 35.6 Å². The van der Waals surface area contributed by atoms with Crippen LogP contribution in [0.5, 0.6) is 0 Å². The van der Waals surface area contributed by atoms with Gasteiger partial charge in [-0.25, -0.2) is 4.39 Å². The minimum atomic E-state index is -0.185. The topological polar surface area (TPSA) is 39.7 Å². The van der Waals surface area contributed by atoms with E-state index in [0.29, 0.717) is 5.92 Å². The zero-order chi connectivity index (χ0) is 17.2. The Morgan fingerprint density at radius 1 is 1.25 bits per heavy atom. The van der Waals surface area contributed by atoms with Gasteiger partial charge in [-0.15, -0.1) is 0 Å². The highest BCUT2D eigenvalue weighted by atomic mass is 19.1. The SMILES string of the molecule is CCCN1CCC(CN=C(NCC)NCCc2ccc(F)cc2)C1. The Morgan fingerprint density at radius 2 is 2.04 bits per heavy atom. The molecule has 1 heterocycles. The van der Waals surface area contributed by atoms with Gasteiger partial charge >= 0.3 is 0 Å². The summed E-state index contributed by atoms with van der Waals surface area (Å²) in [5.41, 5.74) is 1.13. The van der Waals surface area contributed by atoms with Gasteiger partial charge in [-0.05, 0) is 62.9 Å². The monoisotopic (exact) mass is 334 g/mol. The predicted octanol–water partition coefficient (Wildman–Crippen LogP) is 2.66. The molecule has 1 aromatic rings. The Morgan fingerprint density at radius 3 is 2.75 bits per heavy atom. The molecule has 0 aliphatic carbocycles. The molecule has 0 saturated carbocycles. The van der Waals surface area contributed by atoms with Crippen molar-refractivity contribution in [2.75, 3.05) is 39.3 Å². The number of hydrogen-bond donors (Lipinski definition) is 2. The van der Waals surface area contributed by atoms with Gasteiger partial charge in [-0.3, -0.25) is 4.99 Å². The van der Waals surface area contributed by atoms with Crippen LogP contribution in [0.15, 0.2) is 29.3 Å². The second kappa shape index (κ2) is 10.3. The summed E-state index contributed by atoms with van der Waals surface area (Å²) in [6, 6.07) is 6.69. The maximum absolute atomic E-state index is 12.9. The third-order valence-corrected chi connectivity index (χ3v) is 4.38. The van der Waals surface area contributed by atoms with Crippen LogP contribution in [0.4, 0.5) is 4.39 Å². The number of benzene rings is 1. The lowest BCUT2D eigenvalue weighted by molar-refractivity contribution is 0.326. The molecule has 24 heavy (non-hydrogen) atoms. The summed E-state index contributed by atoms with van der Waals surface area (Å²) >= 11 is 0. The summed E-state index contributed by atoms with van der Waals surface area (Å²) in [6.45, 7) is 10.4. The summed E-state index contributed by atoms with van der Waals surface area (Å²) in [7, 11) is 0. The number of nitrogens with one attached hydrogen (secondary N) is 2. The Bertz CT molecular complexity index is 501. The Hall–Kier alpha value is -1.62. The molecule has 1 aliphatic heterocycles. The van der Waals surface area contributed by atoms with Crippen LogP contribution in [0, 0.1) is 11.7 Å². The summed E-state index contributed by atoms with van der Waals surface area (Å²) in [5, 5.41) is 6.68. The molecule has 5 heteroatoms. The molecule has 1 saturated heterocycles. The first-order valence-electron chi connectivity index (χ1n) is 9.20. The molecule has 0 aromatic heterocycles. The van der Waals surface area contributed by atoms with Gasteiger partial charge in [0.2, 0.25) is 0 Å². The van der Waals surface area contributed by atoms with Gasteiger partial charge in [0.25, 0.3) is 0 Å². The second-order valence-corrected chi connectivity index (χ2v) is 6.48. The number of halogens is 1. The zero-order valence-electron chi connectivity index (χ0n) is 15.0. The first-order chi connectivity index (χ1) is 11.7. The molecule has 4 nitrogen and oxygen atoms in total. The lowest BCUT2D eigenvalue weighted by Crippen LogP contribution is -2.38. The minimum absolute atomic E-state index is 0.185. The van der Waals surface area contributed by atoms with Crippen molar-refractivity contribution in [1.29, 1.82) is 0 Å². The van der Waals surface area contributed by atoms with Gasteiger partial charge in [0, 0.05) is 26.2 Å². The molecular weight excluding hydrogens is 303 g/mol. The summed E-state index contributed by atoms with van der Waals surface area (Å²) in [4.78, 5) is 7.28. The minimum Gasteiger partial charge on any atom is -0.357 e. The quantitative estimate of drug-likeness (QED) is 0.567. The molecule has 1 aliphatic rings. The Kier molecular flexibility index (Phi) is 8.02. The molecule has 0 bridgehead atoms. The molecule has 0 spiro atoms. The van der Waals surface area contributed by atoms with Crippen LogP contribution in [-0.4, -0.2) is 50.1 Å². The van der Waals surface area contributed by atoms with Crippen molar-refractivity contribution < 1.29 is 4.39 Å². The highest BCUT2D eigenvalue weighted by molar-refractivity contribution is 5.79. The van der Waals surface area contributed by atoms with Gasteiger partial charge in [0.15, 0.2) is 5.96 Å². The maximum atomic E-state index is 12.9. The van der Waals surface area contributed by atoms with Crippen molar-refractivity contribution in [2.24, 2.45) is 10.9 Å². The Balaban J connectivity index is 1.75. The number of aliphatic imine (C=N–C) groups is 1. The molecule has 2 rings (SSSR count). The Labute approximate surface area is 145 Å². The van der Waals surface area contributed by atoms with E-state index in [1.54, 1.807) is 0 Å². The van der Waals surface area contributed by atoms with Crippen LogP contribution in [0.25, 0.3) is 0 Å². The highest BCUT2D eigenvalue weighted by Gasteiger charge is 2.21. The van der Waals surface area contributed by atoms with Crippen molar-refractivity contribution in [1.82, 2.24) is 15.5 Å². The molecule has 2 N–H and O–H groups in total. The lowest BCUT2D eigenvalue weighted by atomic mass is 10.1. The number of rotatable bonds is 8. The van der Waals surface area contributed by atoms with Crippen LogP contribution < -0.4 is 10.6 Å². The van der Waals surface area contributed by atoms with E-state index < -0.39 is 0 Å². The van der Waals surface area contributed by atoms with E-state index >= 15 is 0 Å². The molecule has 0 amide bonds. The average Bonchev–Trinajstić information content (AvgIpc) is 3.02. The van der Waals surface area contributed by atoms with Crippen LogP contribution in [0.3, 0.4) is 0 Å². The molecule has 1 aromatic carbocycles. The lowest BCUT2D eigenvalue weighted by Gasteiger charge is -2.15. The van der Waals surface area contributed by atoms with Crippen molar-refractivity contribution in [3.8, 4) is 0 Å². The van der Waals surface area contributed by atoms with E-state index in [1.165, 1.54) is 44.6 Å². The number of likely N-dealkylation sites (tertiary alicyclic amines) is 1. The summed E-state index contributed by atoms with van der Waals surface area (Å²) in [6.07, 6.45) is 3.33. The molecule has 1 unspecified atom stereocenters. The van der Waals surface area contributed by atoms with Gasteiger partial charge < -0.3 is 15.5 Å². The fraction of sp³-hybridized carbons (Fsp3) is 0.632. The van der Waals surface area contributed by atoms with Crippen LogP contribution >= 0.6 is 0 Å². The van der Waals surface area contributed by atoms with E-state index in [9.17, 15) is 4.39 Å². The average molecular weight is 334 g/mol. The van der Waals surface area contributed by atoms with Crippen molar-refractivity contribution in [2.45, 2.75) is 33.1 Å². The third kappa shape index (κ3) is 6.48. The van der Waals surface area contributed by atoms with Crippen LogP contribution in [0.2, 0.25) is 0 Å². The second-order valence-electron chi connectivity index (χ2n) is 6.48. The first-order valence-corrected chi connectivity index (χ1v) is 9.20. The molecule has 1 fully saturated rings. The third-order valence-electron chi connectivity index (χ3n) is 4.38. The fourth-order valence-corrected chi connectivity index (χ4v) is 3.12. The molecular formula is C19H31FN4. The van der Waals surface area contributed by atoms with Crippen LogP contribution in [-0.2, 0) is 6.42 Å². The number of nitrogens with zero attached hydrogens (tertiary/aromatic N) is 2. The van der Waals surface area contributed by atoms with Gasteiger partial charge in [-0.2, -0.15) is 0 Å². The number of hydrogen-bond acceptors (Lipinski definition) is 2.